The average Bonchev–Trinajstić information content (AvgIpc) is 2.63. The Bertz CT molecular complexity index is 345. The molecule has 1 saturated heterocycles. The first-order chi connectivity index (χ1) is 7.25. The summed E-state index contributed by atoms with van der Waals surface area (Å²) in [5.41, 5.74) is 1.14. The molecule has 1 aliphatic heterocycles. The first-order valence-corrected chi connectivity index (χ1v) is 5.32. The van der Waals surface area contributed by atoms with Crippen LogP contribution in [0.4, 0.5) is 4.39 Å². The highest BCUT2D eigenvalue weighted by Crippen LogP contribution is 2.11. The molecule has 1 N–H and O–H groups in total. The number of benzene rings is 1. The van der Waals surface area contributed by atoms with Crippen molar-refractivity contribution in [3.63, 3.8) is 0 Å². The third-order valence-corrected chi connectivity index (χ3v) is 2.81. The van der Waals surface area contributed by atoms with Crippen LogP contribution in [0.15, 0.2) is 24.3 Å². The highest BCUT2D eigenvalue weighted by atomic mass is 19.1. The minimum atomic E-state index is -0.187. The second-order valence-corrected chi connectivity index (χ2v) is 3.91. The summed E-state index contributed by atoms with van der Waals surface area (Å²) in [5.74, 6) is 0.560. The van der Waals surface area contributed by atoms with E-state index >= 15 is 0 Å². The van der Waals surface area contributed by atoms with E-state index in [2.05, 4.69) is 4.90 Å². The van der Waals surface area contributed by atoms with E-state index in [1.807, 2.05) is 12.1 Å². The van der Waals surface area contributed by atoms with Crippen LogP contribution in [0.2, 0.25) is 0 Å². The van der Waals surface area contributed by atoms with Gasteiger partial charge in [0.2, 0.25) is 0 Å². The van der Waals surface area contributed by atoms with Crippen LogP contribution in [-0.4, -0.2) is 23.8 Å². The van der Waals surface area contributed by atoms with Crippen LogP contribution in [0.1, 0.15) is 18.4 Å². The van der Waals surface area contributed by atoms with E-state index in [4.69, 9.17) is 5.41 Å². The lowest BCUT2D eigenvalue weighted by molar-refractivity contribution is 0.455. The van der Waals surface area contributed by atoms with Gasteiger partial charge in [-0.15, -0.1) is 0 Å². The van der Waals surface area contributed by atoms with Gasteiger partial charge in [-0.3, -0.25) is 5.41 Å². The van der Waals surface area contributed by atoms with Crippen LogP contribution in [-0.2, 0) is 6.42 Å². The molecule has 0 aliphatic carbocycles. The second-order valence-electron chi connectivity index (χ2n) is 3.91. The Balaban J connectivity index is 1.87. The van der Waals surface area contributed by atoms with Gasteiger partial charge in [-0.25, -0.2) is 4.39 Å². The van der Waals surface area contributed by atoms with E-state index in [-0.39, 0.29) is 5.82 Å². The molecule has 1 heterocycles. The highest BCUT2D eigenvalue weighted by molar-refractivity contribution is 5.80. The molecule has 80 valence electrons. The van der Waals surface area contributed by atoms with Crippen LogP contribution in [0.3, 0.4) is 0 Å². The summed E-state index contributed by atoms with van der Waals surface area (Å²) >= 11 is 0. The van der Waals surface area contributed by atoms with Gasteiger partial charge in [0.25, 0.3) is 0 Å². The van der Waals surface area contributed by atoms with E-state index in [9.17, 15) is 4.39 Å². The number of nitrogens with one attached hydrogen (secondary N) is 1. The van der Waals surface area contributed by atoms with Crippen molar-refractivity contribution in [3.05, 3.63) is 35.6 Å². The standard InChI is InChI=1S/C12H15FN2/c13-11-5-3-10(4-6-11)7-9-15-8-1-2-12(15)14/h3-6,14H,1-2,7-9H2. The van der Waals surface area contributed by atoms with Gasteiger partial charge in [-0.05, 0) is 30.5 Å². The molecular formula is C12H15FN2. The summed E-state index contributed by atoms with van der Waals surface area (Å²) in [6.45, 7) is 1.88. The van der Waals surface area contributed by atoms with E-state index in [1.54, 1.807) is 0 Å². The maximum atomic E-state index is 12.6. The summed E-state index contributed by atoms with van der Waals surface area (Å²) < 4.78 is 12.6. The van der Waals surface area contributed by atoms with Gasteiger partial charge < -0.3 is 4.90 Å². The summed E-state index contributed by atoms with van der Waals surface area (Å²) in [7, 11) is 0. The van der Waals surface area contributed by atoms with Crippen molar-refractivity contribution in [2.45, 2.75) is 19.3 Å². The van der Waals surface area contributed by atoms with Gasteiger partial charge in [0, 0.05) is 19.5 Å². The van der Waals surface area contributed by atoms with Crippen LogP contribution < -0.4 is 0 Å². The molecule has 0 amide bonds. The first kappa shape index (κ1) is 10.1. The third-order valence-electron chi connectivity index (χ3n) is 2.81. The van der Waals surface area contributed by atoms with Crippen molar-refractivity contribution in [3.8, 4) is 0 Å². The van der Waals surface area contributed by atoms with Crippen molar-refractivity contribution in [1.29, 1.82) is 5.41 Å². The van der Waals surface area contributed by atoms with Gasteiger partial charge in [0.05, 0.1) is 5.84 Å². The molecule has 0 aromatic heterocycles. The van der Waals surface area contributed by atoms with Crippen molar-refractivity contribution < 1.29 is 4.39 Å². The van der Waals surface area contributed by atoms with Crippen molar-refractivity contribution in [2.24, 2.45) is 0 Å². The van der Waals surface area contributed by atoms with Crippen LogP contribution in [0, 0.1) is 11.2 Å². The van der Waals surface area contributed by atoms with Crippen LogP contribution >= 0.6 is 0 Å². The molecule has 3 heteroatoms. The monoisotopic (exact) mass is 206 g/mol. The molecule has 0 spiro atoms. The zero-order valence-corrected chi connectivity index (χ0v) is 8.67. The molecule has 0 bridgehead atoms. The van der Waals surface area contributed by atoms with Crippen molar-refractivity contribution >= 4 is 5.84 Å². The Hall–Kier alpha value is -1.38. The third kappa shape index (κ3) is 2.55. The SMILES string of the molecule is N=C1CCCN1CCc1ccc(F)cc1. The lowest BCUT2D eigenvalue weighted by atomic mass is 10.1. The Morgan fingerprint density at radius 3 is 2.60 bits per heavy atom. The minimum absolute atomic E-state index is 0.187. The Kier molecular flexibility index (Phi) is 2.99. The molecule has 0 radical (unpaired) electrons. The fraction of sp³-hybridized carbons (Fsp3) is 0.417. The zero-order chi connectivity index (χ0) is 10.7. The van der Waals surface area contributed by atoms with E-state index in [0.717, 1.165) is 43.8 Å². The number of halogens is 1. The molecule has 15 heavy (non-hydrogen) atoms. The largest absolute Gasteiger partial charge is 0.360 e. The topological polar surface area (TPSA) is 27.1 Å². The normalized spacial score (nSPS) is 16.1. The van der Waals surface area contributed by atoms with Gasteiger partial charge in [-0.2, -0.15) is 0 Å². The first-order valence-electron chi connectivity index (χ1n) is 5.32. The molecule has 2 rings (SSSR count). The van der Waals surface area contributed by atoms with Crippen LogP contribution in [0.5, 0.6) is 0 Å². The zero-order valence-electron chi connectivity index (χ0n) is 8.67. The molecule has 1 aromatic rings. The van der Waals surface area contributed by atoms with Crippen molar-refractivity contribution in [2.75, 3.05) is 13.1 Å². The second kappa shape index (κ2) is 4.43. The Labute approximate surface area is 89.2 Å². The Morgan fingerprint density at radius 2 is 2.00 bits per heavy atom. The predicted molar refractivity (Wildman–Crippen MR) is 58.6 cm³/mol. The minimum Gasteiger partial charge on any atom is -0.360 e. The lowest BCUT2D eigenvalue weighted by Gasteiger charge is -2.17. The molecule has 0 atom stereocenters. The molecule has 1 fully saturated rings. The van der Waals surface area contributed by atoms with E-state index < -0.39 is 0 Å². The fourth-order valence-corrected chi connectivity index (χ4v) is 1.89. The molecule has 1 aliphatic rings. The maximum absolute atomic E-state index is 12.6. The van der Waals surface area contributed by atoms with Gasteiger partial charge >= 0.3 is 0 Å². The van der Waals surface area contributed by atoms with Crippen LogP contribution in [0.25, 0.3) is 0 Å². The number of rotatable bonds is 3. The molecule has 0 saturated carbocycles. The number of nitrogens with zero attached hydrogens (tertiary/aromatic N) is 1. The summed E-state index contributed by atoms with van der Waals surface area (Å²) in [4.78, 5) is 2.10. The molecule has 2 nitrogen and oxygen atoms in total. The molecule has 0 unspecified atom stereocenters. The smallest absolute Gasteiger partial charge is 0.123 e. The Morgan fingerprint density at radius 1 is 1.27 bits per heavy atom. The van der Waals surface area contributed by atoms with Gasteiger partial charge in [0.1, 0.15) is 5.82 Å². The summed E-state index contributed by atoms with van der Waals surface area (Å²) in [6, 6.07) is 6.61. The van der Waals surface area contributed by atoms with E-state index in [1.165, 1.54) is 12.1 Å². The summed E-state index contributed by atoms with van der Waals surface area (Å²) in [5, 5.41) is 7.67. The highest BCUT2D eigenvalue weighted by Gasteiger charge is 2.15. The number of amidine groups is 1. The maximum Gasteiger partial charge on any atom is 0.123 e. The quantitative estimate of drug-likeness (QED) is 0.808. The van der Waals surface area contributed by atoms with Gasteiger partial charge in [0.15, 0.2) is 0 Å². The predicted octanol–water partition coefficient (Wildman–Crippen LogP) is 2.44. The molecule has 1 aromatic carbocycles. The lowest BCUT2D eigenvalue weighted by Crippen LogP contribution is -2.26. The average molecular weight is 206 g/mol. The van der Waals surface area contributed by atoms with Crippen molar-refractivity contribution in [1.82, 2.24) is 4.90 Å². The molecular weight excluding hydrogens is 191 g/mol. The van der Waals surface area contributed by atoms with E-state index in [0.29, 0.717) is 0 Å². The van der Waals surface area contributed by atoms with Gasteiger partial charge in [-0.1, -0.05) is 12.1 Å². The summed E-state index contributed by atoms with van der Waals surface area (Å²) in [6.07, 6.45) is 2.90. The number of hydrogen-bond acceptors (Lipinski definition) is 1. The number of hydrogen-bond donors (Lipinski definition) is 1. The fourth-order valence-electron chi connectivity index (χ4n) is 1.89. The number of likely N-dealkylation sites (tertiary alicyclic amines) is 1.